The van der Waals surface area contributed by atoms with E-state index in [1.807, 2.05) is 0 Å². The van der Waals surface area contributed by atoms with Crippen molar-refractivity contribution in [3.8, 4) is 0 Å². The molecule has 0 fully saturated rings. The predicted octanol–water partition coefficient (Wildman–Crippen LogP) is 2.46. The van der Waals surface area contributed by atoms with Gasteiger partial charge in [0, 0.05) is 7.11 Å². The molecule has 0 aromatic heterocycles. The summed E-state index contributed by atoms with van der Waals surface area (Å²) in [5, 5.41) is 8.43. The summed E-state index contributed by atoms with van der Waals surface area (Å²) in [6.45, 7) is 2.95. The molecule has 1 N–H and O–H groups in total. The van der Waals surface area contributed by atoms with Crippen LogP contribution in [0, 0.1) is 0 Å². The van der Waals surface area contributed by atoms with Crippen molar-refractivity contribution in [2.45, 2.75) is 51.6 Å². The Morgan fingerprint density at radius 2 is 2.06 bits per heavy atom. The van der Waals surface area contributed by atoms with Crippen LogP contribution in [0.1, 0.15) is 45.4 Å². The highest BCUT2D eigenvalue weighted by molar-refractivity contribution is 5.66. The average Bonchev–Trinajstić information content (AvgIpc) is 2.26. The molecule has 0 aromatic rings. The summed E-state index contributed by atoms with van der Waals surface area (Å²) in [4.78, 5) is 10.2. The van der Waals surface area contributed by atoms with Gasteiger partial charge in [-0.2, -0.15) is 0 Å². The van der Waals surface area contributed by atoms with E-state index >= 15 is 0 Å². The lowest BCUT2D eigenvalue weighted by Gasteiger charge is -2.15. The lowest BCUT2D eigenvalue weighted by molar-refractivity contribution is -0.138. The molecule has 0 aliphatic heterocycles. The molecule has 0 saturated carbocycles. The number of methoxy groups -OCH3 is 1. The van der Waals surface area contributed by atoms with Crippen LogP contribution in [-0.2, 0) is 14.3 Å². The maximum Gasteiger partial charge on any atom is 0.305 e. The minimum Gasteiger partial charge on any atom is -0.481 e. The Morgan fingerprint density at radius 1 is 1.31 bits per heavy atom. The number of unbranched alkanes of at least 4 members (excludes halogenated alkanes) is 3. The van der Waals surface area contributed by atoms with Crippen LogP contribution in [-0.4, -0.2) is 37.5 Å². The quantitative estimate of drug-likeness (QED) is 0.556. The average molecular weight is 232 g/mol. The summed E-state index contributed by atoms with van der Waals surface area (Å²) in [6, 6.07) is 0. The first-order valence-electron chi connectivity index (χ1n) is 6.03. The fourth-order valence-corrected chi connectivity index (χ4v) is 1.44. The van der Waals surface area contributed by atoms with E-state index in [9.17, 15) is 4.79 Å². The molecule has 0 aromatic carbocycles. The van der Waals surface area contributed by atoms with Crippen molar-refractivity contribution in [2.75, 3.05) is 20.3 Å². The second-order valence-corrected chi connectivity index (χ2v) is 3.93. The van der Waals surface area contributed by atoms with E-state index in [1.54, 1.807) is 7.11 Å². The zero-order valence-electron chi connectivity index (χ0n) is 10.4. The number of rotatable bonds is 11. The van der Waals surface area contributed by atoms with Gasteiger partial charge in [0.1, 0.15) is 0 Å². The molecule has 1 atom stereocenters. The molecule has 0 spiro atoms. The SMILES string of the molecule is CCCCCCC(COCCC(=O)O)OC. The standard InChI is InChI=1S/C12H24O4/c1-3-4-5-6-7-11(15-2)10-16-9-8-12(13)14/h11H,3-10H2,1-2H3,(H,13,14). The fourth-order valence-electron chi connectivity index (χ4n) is 1.44. The Hall–Kier alpha value is -0.610. The van der Waals surface area contributed by atoms with E-state index in [-0.39, 0.29) is 19.1 Å². The number of carboxylic acid groups (broad SMARTS) is 1. The van der Waals surface area contributed by atoms with Crippen molar-refractivity contribution < 1.29 is 19.4 Å². The molecule has 4 nitrogen and oxygen atoms in total. The highest BCUT2D eigenvalue weighted by atomic mass is 16.5. The number of hydrogen-bond acceptors (Lipinski definition) is 3. The largest absolute Gasteiger partial charge is 0.481 e. The topological polar surface area (TPSA) is 55.8 Å². The number of ether oxygens (including phenoxy) is 2. The Kier molecular flexibility index (Phi) is 10.5. The highest BCUT2D eigenvalue weighted by Crippen LogP contribution is 2.08. The summed E-state index contributed by atoms with van der Waals surface area (Å²) in [7, 11) is 1.67. The van der Waals surface area contributed by atoms with Crippen LogP contribution in [0.2, 0.25) is 0 Å². The lowest BCUT2D eigenvalue weighted by atomic mass is 10.1. The van der Waals surface area contributed by atoms with E-state index in [2.05, 4.69) is 6.92 Å². The first-order chi connectivity index (χ1) is 7.70. The maximum atomic E-state index is 10.2. The Balaban J connectivity index is 3.40. The molecule has 0 radical (unpaired) electrons. The van der Waals surface area contributed by atoms with Crippen molar-refractivity contribution in [1.82, 2.24) is 0 Å². The van der Waals surface area contributed by atoms with E-state index in [0.29, 0.717) is 6.61 Å². The fraction of sp³-hybridized carbons (Fsp3) is 0.917. The van der Waals surface area contributed by atoms with Crippen molar-refractivity contribution in [2.24, 2.45) is 0 Å². The minimum absolute atomic E-state index is 0.0618. The van der Waals surface area contributed by atoms with Gasteiger partial charge in [0.15, 0.2) is 0 Å². The van der Waals surface area contributed by atoms with Crippen LogP contribution in [0.3, 0.4) is 0 Å². The van der Waals surface area contributed by atoms with Crippen molar-refractivity contribution in [3.05, 3.63) is 0 Å². The Labute approximate surface area is 97.9 Å². The van der Waals surface area contributed by atoms with Gasteiger partial charge < -0.3 is 14.6 Å². The summed E-state index contributed by atoms with van der Waals surface area (Å²) >= 11 is 0. The smallest absolute Gasteiger partial charge is 0.305 e. The normalized spacial score (nSPS) is 12.6. The van der Waals surface area contributed by atoms with Gasteiger partial charge in [-0.15, -0.1) is 0 Å². The molecular weight excluding hydrogens is 208 g/mol. The van der Waals surface area contributed by atoms with Crippen LogP contribution in [0.4, 0.5) is 0 Å². The van der Waals surface area contributed by atoms with Gasteiger partial charge in [-0.25, -0.2) is 0 Å². The first-order valence-corrected chi connectivity index (χ1v) is 6.03. The van der Waals surface area contributed by atoms with E-state index in [0.717, 1.165) is 12.8 Å². The second kappa shape index (κ2) is 10.9. The van der Waals surface area contributed by atoms with Gasteiger partial charge >= 0.3 is 5.97 Å². The first kappa shape index (κ1) is 15.4. The van der Waals surface area contributed by atoms with Crippen LogP contribution >= 0.6 is 0 Å². The van der Waals surface area contributed by atoms with Crippen molar-refractivity contribution >= 4 is 5.97 Å². The Bertz CT molecular complexity index is 170. The summed E-state index contributed by atoms with van der Waals surface area (Å²) in [5.41, 5.74) is 0. The Morgan fingerprint density at radius 3 is 2.62 bits per heavy atom. The molecule has 0 bridgehead atoms. The molecule has 0 amide bonds. The van der Waals surface area contributed by atoms with Gasteiger partial charge in [-0.1, -0.05) is 32.6 Å². The van der Waals surface area contributed by atoms with E-state index in [4.69, 9.17) is 14.6 Å². The molecule has 0 rings (SSSR count). The molecule has 0 aliphatic carbocycles. The molecule has 0 saturated heterocycles. The third-order valence-electron chi connectivity index (χ3n) is 2.48. The van der Waals surface area contributed by atoms with E-state index < -0.39 is 5.97 Å². The van der Waals surface area contributed by atoms with Gasteiger partial charge in [0.2, 0.25) is 0 Å². The number of hydrogen-bond donors (Lipinski definition) is 1. The van der Waals surface area contributed by atoms with Crippen LogP contribution in [0.15, 0.2) is 0 Å². The summed E-state index contributed by atoms with van der Waals surface area (Å²) < 4.78 is 10.5. The van der Waals surface area contributed by atoms with E-state index in [1.165, 1.54) is 19.3 Å². The zero-order valence-corrected chi connectivity index (χ0v) is 10.4. The third kappa shape index (κ3) is 9.93. The van der Waals surface area contributed by atoms with Gasteiger partial charge in [0.25, 0.3) is 0 Å². The summed E-state index contributed by atoms with van der Waals surface area (Å²) in [6.07, 6.45) is 6.02. The van der Waals surface area contributed by atoms with Crippen LogP contribution in [0.5, 0.6) is 0 Å². The second-order valence-electron chi connectivity index (χ2n) is 3.93. The molecule has 4 heteroatoms. The number of carbonyl (C=O) groups is 1. The molecule has 16 heavy (non-hydrogen) atoms. The highest BCUT2D eigenvalue weighted by Gasteiger charge is 2.07. The molecule has 0 heterocycles. The van der Waals surface area contributed by atoms with Gasteiger partial charge in [0.05, 0.1) is 25.7 Å². The minimum atomic E-state index is -0.822. The lowest BCUT2D eigenvalue weighted by Crippen LogP contribution is -2.19. The summed E-state index contributed by atoms with van der Waals surface area (Å²) in [5.74, 6) is -0.822. The monoisotopic (exact) mass is 232 g/mol. The van der Waals surface area contributed by atoms with Crippen LogP contribution in [0.25, 0.3) is 0 Å². The van der Waals surface area contributed by atoms with Crippen molar-refractivity contribution in [1.29, 1.82) is 0 Å². The molecular formula is C12H24O4. The van der Waals surface area contributed by atoms with Crippen molar-refractivity contribution in [3.63, 3.8) is 0 Å². The predicted molar refractivity (Wildman–Crippen MR) is 62.6 cm³/mol. The molecule has 1 unspecified atom stereocenters. The third-order valence-corrected chi connectivity index (χ3v) is 2.48. The van der Waals surface area contributed by atoms with Gasteiger partial charge in [-0.05, 0) is 6.42 Å². The van der Waals surface area contributed by atoms with Crippen LogP contribution < -0.4 is 0 Å². The molecule has 0 aliphatic rings. The molecule has 96 valence electrons. The number of aliphatic carboxylic acids is 1. The maximum absolute atomic E-state index is 10.2. The number of carboxylic acids is 1. The zero-order chi connectivity index (χ0) is 12.2. The van der Waals surface area contributed by atoms with Gasteiger partial charge in [-0.3, -0.25) is 4.79 Å².